The van der Waals surface area contributed by atoms with Crippen LogP contribution in [0, 0.1) is 29.1 Å². The van der Waals surface area contributed by atoms with Crippen LogP contribution in [0.15, 0.2) is 10.6 Å². The summed E-state index contributed by atoms with van der Waals surface area (Å²) in [6.45, 7) is 9.84. The van der Waals surface area contributed by atoms with E-state index in [4.69, 9.17) is 0 Å². The number of hydrogen-bond acceptors (Lipinski definition) is 0. The van der Waals surface area contributed by atoms with Crippen molar-refractivity contribution in [2.24, 2.45) is 29.1 Å². The molecule has 0 unspecified atom stereocenters. The third-order valence-electron chi connectivity index (χ3n) is 6.31. The summed E-state index contributed by atoms with van der Waals surface area (Å²) < 4.78 is 0. The van der Waals surface area contributed by atoms with Gasteiger partial charge in [-0.3, -0.25) is 0 Å². The predicted molar refractivity (Wildman–Crippen MR) is 93.0 cm³/mol. The summed E-state index contributed by atoms with van der Waals surface area (Å²) in [5.41, 5.74) is 2.30. The Hall–Kier alpha value is 0.220. The van der Waals surface area contributed by atoms with E-state index in [1.165, 1.54) is 51.4 Å². The summed E-state index contributed by atoms with van der Waals surface area (Å²) in [6, 6.07) is 0. The smallest absolute Gasteiger partial charge is 0.0138 e. The summed E-state index contributed by atoms with van der Waals surface area (Å²) in [7, 11) is 0. The molecule has 0 saturated heterocycles. The minimum atomic E-state index is 0.592. The number of halogens is 1. The molecular formula is C19H33Br. The molecule has 0 spiro atoms. The van der Waals surface area contributed by atoms with E-state index in [9.17, 15) is 0 Å². The largest absolute Gasteiger partial charge is 0.0628 e. The zero-order valence-electron chi connectivity index (χ0n) is 13.9. The van der Waals surface area contributed by atoms with Crippen molar-refractivity contribution in [1.82, 2.24) is 0 Å². The molecule has 0 aromatic carbocycles. The van der Waals surface area contributed by atoms with Crippen LogP contribution in [0.3, 0.4) is 0 Å². The summed E-state index contributed by atoms with van der Waals surface area (Å²) in [5.74, 6) is 3.61. The lowest BCUT2D eigenvalue weighted by atomic mass is 9.61. The third kappa shape index (κ3) is 3.34. The summed E-state index contributed by atoms with van der Waals surface area (Å²) in [5, 5.41) is 0. The van der Waals surface area contributed by atoms with Gasteiger partial charge in [0.2, 0.25) is 0 Å². The normalized spacial score (nSPS) is 37.4. The van der Waals surface area contributed by atoms with Gasteiger partial charge < -0.3 is 0 Å². The van der Waals surface area contributed by atoms with E-state index < -0.39 is 0 Å². The van der Waals surface area contributed by atoms with Gasteiger partial charge in [0.05, 0.1) is 0 Å². The lowest BCUT2D eigenvalue weighted by Gasteiger charge is -2.44. The van der Waals surface area contributed by atoms with Crippen LogP contribution in [-0.4, -0.2) is 0 Å². The lowest BCUT2D eigenvalue weighted by molar-refractivity contribution is 0.0931. The molecule has 0 bridgehead atoms. The highest BCUT2D eigenvalue weighted by atomic mass is 79.9. The average molecular weight is 341 g/mol. The molecule has 2 fully saturated rings. The lowest BCUT2D eigenvalue weighted by Crippen LogP contribution is -2.35. The number of hydrogen-bond donors (Lipinski definition) is 0. The van der Waals surface area contributed by atoms with Crippen molar-refractivity contribution in [3.05, 3.63) is 10.6 Å². The van der Waals surface area contributed by atoms with Crippen LogP contribution in [-0.2, 0) is 0 Å². The fourth-order valence-corrected chi connectivity index (χ4v) is 5.74. The second kappa shape index (κ2) is 6.99. The second-order valence-corrected chi connectivity index (χ2v) is 8.54. The molecule has 0 radical (unpaired) electrons. The molecule has 1 heteroatoms. The van der Waals surface area contributed by atoms with E-state index in [0.29, 0.717) is 5.41 Å². The minimum absolute atomic E-state index is 0.592. The van der Waals surface area contributed by atoms with E-state index in [2.05, 4.69) is 48.6 Å². The van der Waals surface area contributed by atoms with Gasteiger partial charge in [0, 0.05) is 0 Å². The molecule has 0 heterocycles. The van der Waals surface area contributed by atoms with Crippen LogP contribution in [0.4, 0.5) is 0 Å². The zero-order valence-corrected chi connectivity index (χ0v) is 15.5. The highest BCUT2D eigenvalue weighted by Crippen LogP contribution is 2.59. The fraction of sp³-hybridized carbons (Fsp3) is 0.895. The maximum atomic E-state index is 3.62. The van der Waals surface area contributed by atoms with Gasteiger partial charge in [0.1, 0.15) is 0 Å². The van der Waals surface area contributed by atoms with Crippen molar-refractivity contribution in [3.63, 3.8) is 0 Å². The Balaban J connectivity index is 1.99. The molecule has 4 atom stereocenters. The maximum Gasteiger partial charge on any atom is -0.0138 e. The van der Waals surface area contributed by atoms with Crippen molar-refractivity contribution in [1.29, 1.82) is 0 Å². The van der Waals surface area contributed by atoms with Gasteiger partial charge in [-0.1, -0.05) is 68.5 Å². The van der Waals surface area contributed by atoms with Gasteiger partial charge in [-0.15, -0.1) is 0 Å². The minimum Gasteiger partial charge on any atom is -0.0628 e. The monoisotopic (exact) mass is 340 g/mol. The first-order valence-corrected chi connectivity index (χ1v) is 9.69. The van der Waals surface area contributed by atoms with Gasteiger partial charge in [-0.2, -0.15) is 0 Å². The van der Waals surface area contributed by atoms with Crippen LogP contribution >= 0.6 is 15.9 Å². The molecule has 2 rings (SSSR count). The van der Waals surface area contributed by atoms with E-state index in [-0.39, 0.29) is 0 Å². The van der Waals surface area contributed by atoms with Crippen LogP contribution < -0.4 is 0 Å². The maximum absolute atomic E-state index is 3.62. The first-order chi connectivity index (χ1) is 9.49. The topological polar surface area (TPSA) is 0 Å². The Bertz CT molecular complexity index is 344. The van der Waals surface area contributed by atoms with Gasteiger partial charge in [0.15, 0.2) is 0 Å². The van der Waals surface area contributed by atoms with E-state index >= 15 is 0 Å². The summed E-state index contributed by atoms with van der Waals surface area (Å²) >= 11 is 3.62. The van der Waals surface area contributed by atoms with Crippen LogP contribution in [0.25, 0.3) is 0 Å². The molecule has 0 aliphatic heterocycles. The van der Waals surface area contributed by atoms with Crippen molar-refractivity contribution in [3.8, 4) is 0 Å². The first kappa shape index (κ1) is 16.6. The van der Waals surface area contributed by atoms with E-state index in [1.54, 1.807) is 5.57 Å². The van der Waals surface area contributed by atoms with Crippen molar-refractivity contribution in [2.45, 2.75) is 79.1 Å². The molecule has 0 N–H and O–H groups in total. The molecule has 2 aliphatic carbocycles. The van der Waals surface area contributed by atoms with E-state index in [1.807, 2.05) is 0 Å². The molecule has 0 amide bonds. The highest BCUT2D eigenvalue weighted by molar-refractivity contribution is 9.11. The Morgan fingerprint density at radius 1 is 1.25 bits per heavy atom. The molecule has 2 saturated carbocycles. The zero-order chi connectivity index (χ0) is 14.8. The number of rotatable bonds is 5. The Kier molecular flexibility index (Phi) is 5.79. The van der Waals surface area contributed by atoms with E-state index in [0.717, 1.165) is 23.7 Å². The summed E-state index contributed by atoms with van der Waals surface area (Å²) in [6.07, 6.45) is 11.4. The number of allylic oxidation sites excluding steroid dienone is 1. The molecule has 2 aliphatic rings. The second-order valence-electron chi connectivity index (χ2n) is 8.08. The predicted octanol–water partition coefficient (Wildman–Crippen LogP) is 6.94. The van der Waals surface area contributed by atoms with Gasteiger partial charge in [-0.25, -0.2) is 0 Å². The molecule has 0 aromatic heterocycles. The van der Waals surface area contributed by atoms with Crippen LogP contribution in [0.2, 0.25) is 0 Å². The van der Waals surface area contributed by atoms with Crippen molar-refractivity contribution < 1.29 is 0 Å². The van der Waals surface area contributed by atoms with Crippen LogP contribution in [0.1, 0.15) is 79.1 Å². The Morgan fingerprint density at radius 2 is 2.00 bits per heavy atom. The molecular weight excluding hydrogens is 308 g/mol. The van der Waals surface area contributed by atoms with Crippen molar-refractivity contribution >= 4 is 15.9 Å². The van der Waals surface area contributed by atoms with Gasteiger partial charge in [0.25, 0.3) is 0 Å². The van der Waals surface area contributed by atoms with Crippen LogP contribution in [0.5, 0.6) is 0 Å². The highest BCUT2D eigenvalue weighted by Gasteiger charge is 2.50. The van der Waals surface area contributed by atoms with Gasteiger partial charge >= 0.3 is 0 Å². The first-order valence-electron chi connectivity index (χ1n) is 8.78. The molecule has 20 heavy (non-hydrogen) atoms. The SMILES string of the molecule is CC(C)CCC[C@@H](C)[C@H]1CC[C@H]2/C(=C/Br)CCC[C@]12C. The third-order valence-corrected chi connectivity index (χ3v) is 6.89. The standard InChI is InChI=1S/C19H33Br/c1-14(2)7-5-8-15(3)17-10-11-18-16(13-20)9-6-12-19(17,18)4/h13-15,17-18H,5-12H2,1-4H3/b16-13+/t15-,17-,18+,19-/m1/s1. The Labute approximate surface area is 134 Å². The summed E-state index contributed by atoms with van der Waals surface area (Å²) in [4.78, 5) is 2.25. The van der Waals surface area contributed by atoms with Crippen molar-refractivity contribution in [2.75, 3.05) is 0 Å². The molecule has 0 aromatic rings. The fourth-order valence-electron chi connectivity index (χ4n) is 5.19. The van der Waals surface area contributed by atoms with Gasteiger partial charge in [-0.05, 0) is 66.2 Å². The molecule has 0 nitrogen and oxygen atoms in total. The average Bonchev–Trinajstić information content (AvgIpc) is 2.75. The quantitative estimate of drug-likeness (QED) is 0.508. The number of fused-ring (bicyclic) bond motifs is 1. The molecule has 116 valence electrons. The Morgan fingerprint density at radius 3 is 2.65 bits per heavy atom.